The number of carbonyl (C=O) groups is 1. The molecule has 3 nitrogen and oxygen atoms in total. The Bertz CT molecular complexity index is 188. The van der Waals surface area contributed by atoms with E-state index in [0.717, 1.165) is 37.7 Å². The molecule has 0 rings (SSSR count). The van der Waals surface area contributed by atoms with E-state index in [-0.39, 0.29) is 12.1 Å². The number of hydrogen-bond acceptors (Lipinski definition) is 3. The normalized spacial score (nSPS) is 10.7. The van der Waals surface area contributed by atoms with Crippen LogP contribution in [0.4, 0.5) is 0 Å². The van der Waals surface area contributed by atoms with Crippen LogP contribution < -0.4 is 6.15 Å². The molecule has 0 aromatic rings. The molecule has 0 amide bonds. The molecular weight excluding hydrogens is 190 g/mol. The van der Waals surface area contributed by atoms with E-state index in [1.54, 1.807) is 0 Å². The third kappa shape index (κ3) is 9.47. The molecule has 0 aliphatic heterocycles. The quantitative estimate of drug-likeness (QED) is 0.401. The highest BCUT2D eigenvalue weighted by Gasteiger charge is 2.03. The summed E-state index contributed by atoms with van der Waals surface area (Å²) >= 11 is 0. The van der Waals surface area contributed by atoms with E-state index in [9.17, 15) is 4.79 Å². The minimum absolute atomic E-state index is 0. The minimum atomic E-state index is -0.158. The van der Waals surface area contributed by atoms with Crippen molar-refractivity contribution in [2.24, 2.45) is 0 Å². The second-order valence-electron chi connectivity index (χ2n) is 3.52. The average molecular weight is 215 g/mol. The standard InChI is InChI=1S/C12H22O2.H3N/c1-4-6-8-9-11(3)12(13)14-10-7-5-2;/h9H,4-8,10H2,1-3H3;1H3. The highest BCUT2D eigenvalue weighted by molar-refractivity contribution is 5.87. The van der Waals surface area contributed by atoms with Crippen LogP contribution in [0.5, 0.6) is 0 Å². The Morgan fingerprint density at radius 1 is 1.20 bits per heavy atom. The summed E-state index contributed by atoms with van der Waals surface area (Å²) in [6.45, 7) is 6.60. The first kappa shape index (κ1) is 16.6. The topological polar surface area (TPSA) is 61.3 Å². The fraction of sp³-hybridized carbons (Fsp3) is 0.750. The number of carbonyl (C=O) groups excluding carboxylic acids is 1. The van der Waals surface area contributed by atoms with Crippen molar-refractivity contribution in [3.8, 4) is 0 Å². The molecule has 0 saturated carbocycles. The Morgan fingerprint density at radius 2 is 1.80 bits per heavy atom. The van der Waals surface area contributed by atoms with Crippen molar-refractivity contribution in [2.45, 2.75) is 52.9 Å². The smallest absolute Gasteiger partial charge is 0.333 e. The average Bonchev–Trinajstić information content (AvgIpc) is 2.18. The summed E-state index contributed by atoms with van der Waals surface area (Å²) in [5.41, 5.74) is 0.745. The zero-order chi connectivity index (χ0) is 10.8. The molecule has 0 aromatic carbocycles. The van der Waals surface area contributed by atoms with Crippen LogP contribution in [-0.2, 0) is 9.53 Å². The highest BCUT2D eigenvalue weighted by Crippen LogP contribution is 2.03. The molecule has 0 saturated heterocycles. The summed E-state index contributed by atoms with van der Waals surface area (Å²) < 4.78 is 5.07. The van der Waals surface area contributed by atoms with Crippen LogP contribution in [0.2, 0.25) is 0 Å². The van der Waals surface area contributed by atoms with Crippen LogP contribution in [0.1, 0.15) is 52.9 Å². The predicted octanol–water partition coefficient (Wildman–Crippen LogP) is 3.63. The maximum Gasteiger partial charge on any atom is 0.333 e. The maximum absolute atomic E-state index is 11.3. The van der Waals surface area contributed by atoms with E-state index in [1.807, 2.05) is 13.0 Å². The summed E-state index contributed by atoms with van der Waals surface area (Å²) in [6.07, 6.45) is 7.26. The summed E-state index contributed by atoms with van der Waals surface area (Å²) in [6, 6.07) is 0. The zero-order valence-corrected chi connectivity index (χ0v) is 10.3. The monoisotopic (exact) mass is 215 g/mol. The molecular formula is C12H25NO2. The summed E-state index contributed by atoms with van der Waals surface area (Å²) in [5, 5.41) is 0. The molecule has 0 aromatic heterocycles. The molecule has 15 heavy (non-hydrogen) atoms. The van der Waals surface area contributed by atoms with Gasteiger partial charge < -0.3 is 10.9 Å². The van der Waals surface area contributed by atoms with Gasteiger partial charge in [0, 0.05) is 5.57 Å². The predicted molar refractivity (Wildman–Crippen MR) is 64.2 cm³/mol. The summed E-state index contributed by atoms with van der Waals surface area (Å²) in [4.78, 5) is 11.3. The van der Waals surface area contributed by atoms with Gasteiger partial charge >= 0.3 is 5.97 Å². The zero-order valence-electron chi connectivity index (χ0n) is 10.3. The van der Waals surface area contributed by atoms with Crippen LogP contribution in [0, 0.1) is 0 Å². The van der Waals surface area contributed by atoms with Gasteiger partial charge in [-0.15, -0.1) is 0 Å². The van der Waals surface area contributed by atoms with E-state index in [1.165, 1.54) is 0 Å². The molecule has 0 bridgehead atoms. The van der Waals surface area contributed by atoms with E-state index in [2.05, 4.69) is 13.8 Å². The van der Waals surface area contributed by atoms with Gasteiger partial charge in [0.15, 0.2) is 0 Å². The van der Waals surface area contributed by atoms with Crippen LogP contribution in [0.15, 0.2) is 11.6 Å². The molecule has 0 aliphatic carbocycles. The van der Waals surface area contributed by atoms with Gasteiger partial charge in [0.1, 0.15) is 0 Å². The second-order valence-corrected chi connectivity index (χ2v) is 3.52. The first-order valence-corrected chi connectivity index (χ1v) is 5.56. The van der Waals surface area contributed by atoms with Crippen molar-refractivity contribution in [3.63, 3.8) is 0 Å². The van der Waals surface area contributed by atoms with Gasteiger partial charge in [-0.05, 0) is 19.8 Å². The van der Waals surface area contributed by atoms with E-state index >= 15 is 0 Å². The maximum atomic E-state index is 11.3. The van der Waals surface area contributed by atoms with Gasteiger partial charge in [-0.25, -0.2) is 4.79 Å². The number of unbranched alkanes of at least 4 members (excludes halogenated alkanes) is 3. The molecule has 90 valence electrons. The lowest BCUT2D eigenvalue weighted by Gasteiger charge is -2.03. The van der Waals surface area contributed by atoms with Crippen molar-refractivity contribution in [3.05, 3.63) is 11.6 Å². The van der Waals surface area contributed by atoms with E-state index in [4.69, 9.17) is 4.74 Å². The lowest BCUT2D eigenvalue weighted by molar-refractivity contribution is -0.139. The van der Waals surface area contributed by atoms with Crippen LogP contribution in [0.25, 0.3) is 0 Å². The van der Waals surface area contributed by atoms with Gasteiger partial charge in [-0.2, -0.15) is 0 Å². The molecule has 0 fully saturated rings. The molecule has 0 heterocycles. The van der Waals surface area contributed by atoms with Crippen LogP contribution >= 0.6 is 0 Å². The van der Waals surface area contributed by atoms with Crippen molar-refractivity contribution in [1.29, 1.82) is 0 Å². The molecule has 3 N–H and O–H groups in total. The first-order chi connectivity index (χ1) is 6.72. The number of rotatable bonds is 7. The number of esters is 1. The summed E-state index contributed by atoms with van der Waals surface area (Å²) in [5.74, 6) is -0.158. The largest absolute Gasteiger partial charge is 0.462 e. The highest BCUT2D eigenvalue weighted by atomic mass is 16.5. The Hall–Kier alpha value is -0.830. The fourth-order valence-corrected chi connectivity index (χ4v) is 1.03. The molecule has 0 radical (unpaired) electrons. The molecule has 0 spiro atoms. The SMILES string of the molecule is CCCCC=C(C)C(=O)OCCCC.N. The molecule has 0 atom stereocenters. The Kier molecular flexibility index (Phi) is 12.4. The van der Waals surface area contributed by atoms with E-state index < -0.39 is 0 Å². The molecule has 0 unspecified atom stereocenters. The van der Waals surface area contributed by atoms with Gasteiger partial charge in [0.25, 0.3) is 0 Å². The Balaban J connectivity index is 0. The molecule has 3 heteroatoms. The minimum Gasteiger partial charge on any atom is -0.462 e. The van der Waals surface area contributed by atoms with Crippen LogP contribution in [-0.4, -0.2) is 12.6 Å². The first-order valence-electron chi connectivity index (χ1n) is 5.56. The van der Waals surface area contributed by atoms with Gasteiger partial charge in [0.2, 0.25) is 0 Å². The Morgan fingerprint density at radius 3 is 2.33 bits per heavy atom. The van der Waals surface area contributed by atoms with Crippen molar-refractivity contribution >= 4 is 5.97 Å². The van der Waals surface area contributed by atoms with Gasteiger partial charge in [0.05, 0.1) is 6.61 Å². The lowest BCUT2D eigenvalue weighted by Crippen LogP contribution is -2.06. The van der Waals surface area contributed by atoms with Gasteiger partial charge in [-0.1, -0.05) is 39.2 Å². The lowest BCUT2D eigenvalue weighted by atomic mass is 10.2. The number of ether oxygens (including phenoxy) is 1. The Labute approximate surface area is 93.5 Å². The van der Waals surface area contributed by atoms with Gasteiger partial charge in [-0.3, -0.25) is 0 Å². The third-order valence-corrected chi connectivity index (χ3v) is 2.06. The van der Waals surface area contributed by atoms with Crippen LogP contribution in [0.3, 0.4) is 0 Å². The third-order valence-electron chi connectivity index (χ3n) is 2.06. The van der Waals surface area contributed by atoms with Crippen molar-refractivity contribution in [1.82, 2.24) is 6.15 Å². The van der Waals surface area contributed by atoms with Crippen molar-refractivity contribution < 1.29 is 9.53 Å². The number of allylic oxidation sites excluding steroid dienone is 1. The fourth-order valence-electron chi connectivity index (χ4n) is 1.03. The molecule has 0 aliphatic rings. The summed E-state index contributed by atoms with van der Waals surface area (Å²) in [7, 11) is 0. The second kappa shape index (κ2) is 11.2. The van der Waals surface area contributed by atoms with E-state index in [0.29, 0.717) is 6.61 Å². The number of hydrogen-bond donors (Lipinski definition) is 1. The van der Waals surface area contributed by atoms with Crippen molar-refractivity contribution in [2.75, 3.05) is 6.61 Å².